The van der Waals surface area contributed by atoms with Gasteiger partial charge in [0.05, 0.1) is 17.4 Å². The van der Waals surface area contributed by atoms with E-state index in [2.05, 4.69) is 21.0 Å². The van der Waals surface area contributed by atoms with Gasteiger partial charge in [0.25, 0.3) is 11.5 Å². The van der Waals surface area contributed by atoms with Crippen LogP contribution in [-0.2, 0) is 7.05 Å². The number of anilines is 1. The number of hydrogen-bond acceptors (Lipinski definition) is 4. The summed E-state index contributed by atoms with van der Waals surface area (Å²) in [6.07, 6.45) is 2.36. The van der Waals surface area contributed by atoms with Crippen molar-refractivity contribution in [3.63, 3.8) is 0 Å². The number of carbonyl (C=O) groups is 1. The van der Waals surface area contributed by atoms with Gasteiger partial charge >= 0.3 is 0 Å². The van der Waals surface area contributed by atoms with Gasteiger partial charge in [0.2, 0.25) is 0 Å². The average molecular weight is 409 g/mol. The highest BCUT2D eigenvalue weighted by atomic mass is 79.9. The lowest BCUT2D eigenvalue weighted by molar-refractivity contribution is 0.0762. The van der Waals surface area contributed by atoms with E-state index in [1.807, 2.05) is 4.90 Å². The van der Waals surface area contributed by atoms with Crippen LogP contribution < -0.4 is 10.5 Å². The predicted molar refractivity (Wildman–Crippen MR) is 96.3 cm³/mol. The third kappa shape index (κ3) is 3.58. The number of nitrogens with zero attached hydrogens (tertiary/aromatic N) is 4. The number of hydrogen-bond donors (Lipinski definition) is 0. The molecule has 0 bridgehead atoms. The molecule has 1 aliphatic rings. The van der Waals surface area contributed by atoms with Crippen LogP contribution in [0.1, 0.15) is 16.8 Å². The number of rotatable bonds is 2. The first kappa shape index (κ1) is 17.6. The largest absolute Gasteiger partial charge is 0.367 e. The van der Waals surface area contributed by atoms with Crippen molar-refractivity contribution in [1.29, 1.82) is 0 Å². The van der Waals surface area contributed by atoms with Crippen molar-refractivity contribution in [3.8, 4) is 0 Å². The molecular weight excluding hydrogens is 391 g/mol. The maximum Gasteiger partial charge on any atom is 0.282 e. The van der Waals surface area contributed by atoms with Crippen LogP contribution in [0.15, 0.2) is 39.7 Å². The molecule has 8 heteroatoms. The van der Waals surface area contributed by atoms with E-state index in [9.17, 15) is 14.0 Å². The first-order chi connectivity index (χ1) is 12.0. The molecule has 25 heavy (non-hydrogen) atoms. The molecule has 0 atom stereocenters. The highest BCUT2D eigenvalue weighted by Crippen LogP contribution is 2.23. The average Bonchev–Trinajstić information content (AvgIpc) is 2.86. The molecule has 6 nitrogen and oxygen atoms in total. The number of amides is 1. The highest BCUT2D eigenvalue weighted by molar-refractivity contribution is 9.10. The van der Waals surface area contributed by atoms with Crippen molar-refractivity contribution in [2.24, 2.45) is 7.05 Å². The molecule has 1 amide bonds. The zero-order valence-corrected chi connectivity index (χ0v) is 15.4. The van der Waals surface area contributed by atoms with E-state index in [1.54, 1.807) is 30.3 Å². The summed E-state index contributed by atoms with van der Waals surface area (Å²) < 4.78 is 15.6. The van der Waals surface area contributed by atoms with E-state index in [4.69, 9.17) is 0 Å². The Kier molecular flexibility index (Phi) is 5.17. The molecule has 2 aromatic rings. The molecule has 0 unspecified atom stereocenters. The molecule has 0 radical (unpaired) electrons. The number of carbonyl (C=O) groups excluding carboxylic acids is 1. The second-order valence-corrected chi connectivity index (χ2v) is 6.68. The Morgan fingerprint density at radius 2 is 1.96 bits per heavy atom. The van der Waals surface area contributed by atoms with Gasteiger partial charge in [0, 0.05) is 33.2 Å². The van der Waals surface area contributed by atoms with Gasteiger partial charge in [-0.05, 0) is 34.5 Å². The minimum absolute atomic E-state index is 0.0902. The van der Waals surface area contributed by atoms with Gasteiger partial charge in [-0.25, -0.2) is 9.07 Å². The molecule has 3 rings (SSSR count). The van der Waals surface area contributed by atoms with Gasteiger partial charge < -0.3 is 9.80 Å². The fourth-order valence-electron chi connectivity index (χ4n) is 2.89. The Bertz CT molecular complexity index is 855. The zero-order chi connectivity index (χ0) is 18.0. The molecular formula is C17H18BrFN4O2. The zero-order valence-electron chi connectivity index (χ0n) is 13.8. The smallest absolute Gasteiger partial charge is 0.282 e. The third-order valence-electron chi connectivity index (χ3n) is 4.29. The predicted octanol–water partition coefficient (Wildman–Crippen LogP) is 2.03. The Morgan fingerprint density at radius 1 is 1.20 bits per heavy atom. The number of benzene rings is 1. The van der Waals surface area contributed by atoms with Crippen LogP contribution in [-0.4, -0.2) is 46.8 Å². The molecule has 1 aliphatic heterocycles. The van der Waals surface area contributed by atoms with Crippen LogP contribution in [0.2, 0.25) is 0 Å². The summed E-state index contributed by atoms with van der Waals surface area (Å²) in [5.41, 5.74) is 0.594. The van der Waals surface area contributed by atoms with Crippen molar-refractivity contribution < 1.29 is 9.18 Å². The quantitative estimate of drug-likeness (QED) is 0.762. The molecule has 1 aromatic carbocycles. The van der Waals surface area contributed by atoms with Crippen molar-refractivity contribution >= 4 is 27.5 Å². The van der Waals surface area contributed by atoms with Crippen LogP contribution in [0.5, 0.6) is 0 Å². The summed E-state index contributed by atoms with van der Waals surface area (Å²) in [5.74, 6) is -0.812. The molecule has 1 saturated heterocycles. The SMILES string of the molecule is Cn1ncc(N2CCCN(C(=O)c3ccccc3F)CC2)c(Br)c1=O. The number of halogens is 2. The van der Waals surface area contributed by atoms with Crippen molar-refractivity contribution in [2.45, 2.75) is 6.42 Å². The molecule has 0 aliphatic carbocycles. The minimum atomic E-state index is -0.507. The van der Waals surface area contributed by atoms with Gasteiger partial charge in [-0.3, -0.25) is 9.59 Å². The van der Waals surface area contributed by atoms with Gasteiger partial charge in [0.1, 0.15) is 10.3 Å². The van der Waals surface area contributed by atoms with Crippen molar-refractivity contribution in [1.82, 2.24) is 14.7 Å². The van der Waals surface area contributed by atoms with Crippen LogP contribution in [0, 0.1) is 5.82 Å². The van der Waals surface area contributed by atoms with E-state index in [-0.39, 0.29) is 17.0 Å². The van der Waals surface area contributed by atoms with Crippen LogP contribution in [0.25, 0.3) is 0 Å². The summed E-state index contributed by atoms with van der Waals surface area (Å²) in [7, 11) is 1.59. The fourth-order valence-corrected chi connectivity index (χ4v) is 3.50. The topological polar surface area (TPSA) is 58.4 Å². The first-order valence-electron chi connectivity index (χ1n) is 7.99. The van der Waals surface area contributed by atoms with Crippen molar-refractivity contribution in [2.75, 3.05) is 31.1 Å². The minimum Gasteiger partial charge on any atom is -0.367 e. The second-order valence-electron chi connectivity index (χ2n) is 5.89. The summed E-state index contributed by atoms with van der Waals surface area (Å²) in [5, 5.41) is 4.06. The first-order valence-corrected chi connectivity index (χ1v) is 8.79. The Hall–Kier alpha value is -2.22. The van der Waals surface area contributed by atoms with Crippen molar-refractivity contribution in [3.05, 3.63) is 56.7 Å². The van der Waals surface area contributed by atoms with E-state index >= 15 is 0 Å². The van der Waals surface area contributed by atoms with Crippen LogP contribution in [0.3, 0.4) is 0 Å². The number of aryl methyl sites for hydroxylation is 1. The monoisotopic (exact) mass is 408 g/mol. The van der Waals surface area contributed by atoms with E-state index in [1.165, 1.54) is 16.8 Å². The maximum absolute atomic E-state index is 13.9. The lowest BCUT2D eigenvalue weighted by Gasteiger charge is -2.24. The normalized spacial score (nSPS) is 15.2. The molecule has 1 fully saturated rings. The van der Waals surface area contributed by atoms with Crippen LogP contribution >= 0.6 is 15.9 Å². The molecule has 0 saturated carbocycles. The van der Waals surface area contributed by atoms with Gasteiger partial charge in [-0.1, -0.05) is 12.1 Å². The third-order valence-corrected chi connectivity index (χ3v) is 5.03. The van der Waals surface area contributed by atoms with Gasteiger partial charge in [-0.2, -0.15) is 5.10 Å². The molecule has 132 valence electrons. The molecule has 1 aromatic heterocycles. The van der Waals surface area contributed by atoms with E-state index in [0.29, 0.717) is 36.3 Å². The summed E-state index contributed by atoms with van der Waals surface area (Å²) in [4.78, 5) is 28.3. The molecule has 2 heterocycles. The second kappa shape index (κ2) is 7.35. The van der Waals surface area contributed by atoms with E-state index < -0.39 is 5.82 Å². The highest BCUT2D eigenvalue weighted by Gasteiger charge is 2.23. The Balaban J connectivity index is 1.77. The van der Waals surface area contributed by atoms with E-state index in [0.717, 1.165) is 6.42 Å². The standard InChI is InChI=1S/C17H18BrFN4O2/c1-21-17(25)15(18)14(11-20-21)22-7-4-8-23(10-9-22)16(24)12-5-2-3-6-13(12)19/h2-3,5-6,11H,4,7-10H2,1H3. The number of aromatic nitrogens is 2. The Labute approximate surface area is 153 Å². The lowest BCUT2D eigenvalue weighted by Crippen LogP contribution is -2.36. The summed E-state index contributed by atoms with van der Waals surface area (Å²) in [6.45, 7) is 2.23. The molecule has 0 N–H and O–H groups in total. The Morgan fingerprint density at radius 3 is 2.72 bits per heavy atom. The summed E-state index contributed by atoms with van der Waals surface area (Å²) >= 11 is 3.34. The van der Waals surface area contributed by atoms with Gasteiger partial charge in [-0.15, -0.1) is 0 Å². The van der Waals surface area contributed by atoms with Gasteiger partial charge in [0.15, 0.2) is 0 Å². The lowest BCUT2D eigenvalue weighted by atomic mass is 10.2. The molecule has 0 spiro atoms. The summed E-state index contributed by atoms with van der Waals surface area (Å²) in [6, 6.07) is 6.02. The fraction of sp³-hybridized carbons (Fsp3) is 0.353. The maximum atomic E-state index is 13.9. The van der Waals surface area contributed by atoms with Crippen LogP contribution in [0.4, 0.5) is 10.1 Å².